The van der Waals surface area contributed by atoms with Crippen molar-refractivity contribution in [2.75, 3.05) is 13.7 Å². The molecule has 0 spiro atoms. The number of hydrogen-bond acceptors (Lipinski definition) is 2. The summed E-state index contributed by atoms with van der Waals surface area (Å²) in [6.45, 7) is 0.828. The number of methoxy groups -OCH3 is 1. The van der Waals surface area contributed by atoms with Gasteiger partial charge in [-0.3, -0.25) is 4.79 Å². The van der Waals surface area contributed by atoms with Crippen molar-refractivity contribution in [3.8, 4) is 5.75 Å². The minimum atomic E-state index is 0.0913. The van der Waals surface area contributed by atoms with Gasteiger partial charge in [0.25, 0.3) is 5.91 Å². The number of aromatic amines is 1. The lowest BCUT2D eigenvalue weighted by Crippen LogP contribution is -2.37. The zero-order valence-corrected chi connectivity index (χ0v) is 14.4. The van der Waals surface area contributed by atoms with Crippen LogP contribution in [0.1, 0.15) is 28.9 Å². The summed E-state index contributed by atoms with van der Waals surface area (Å²) in [5.41, 5.74) is 2.87. The van der Waals surface area contributed by atoms with Crippen LogP contribution in [0.15, 0.2) is 54.6 Å². The number of carbonyl (C=O) groups excluding carboxylic acids is 1. The Labute approximate surface area is 147 Å². The fourth-order valence-electron chi connectivity index (χ4n) is 3.70. The van der Waals surface area contributed by atoms with E-state index >= 15 is 0 Å². The van der Waals surface area contributed by atoms with Crippen molar-refractivity contribution in [3.63, 3.8) is 0 Å². The molecular formula is C21H22N2O2. The topological polar surface area (TPSA) is 45.3 Å². The molecule has 0 aliphatic carbocycles. The number of nitrogens with one attached hydrogen (secondary N) is 1. The summed E-state index contributed by atoms with van der Waals surface area (Å²) in [6, 6.07) is 18.4. The molecule has 3 aromatic rings. The zero-order chi connectivity index (χ0) is 17.2. The van der Waals surface area contributed by atoms with Gasteiger partial charge >= 0.3 is 0 Å². The predicted octanol–water partition coefficient (Wildman–Crippen LogP) is 4.02. The number of nitrogens with zero attached hydrogens (tertiary/aromatic N) is 1. The van der Waals surface area contributed by atoms with Crippen molar-refractivity contribution >= 4 is 16.8 Å². The normalized spacial score (nSPS) is 17.2. The fraction of sp³-hybridized carbons (Fsp3) is 0.286. The minimum Gasteiger partial charge on any atom is -0.497 e. The van der Waals surface area contributed by atoms with E-state index in [1.54, 1.807) is 7.11 Å². The van der Waals surface area contributed by atoms with Gasteiger partial charge in [-0.15, -0.1) is 0 Å². The maximum absolute atomic E-state index is 13.0. The second-order valence-corrected chi connectivity index (χ2v) is 6.62. The summed E-state index contributed by atoms with van der Waals surface area (Å²) in [7, 11) is 1.65. The van der Waals surface area contributed by atoms with Crippen LogP contribution in [0.5, 0.6) is 5.75 Å². The Bertz CT molecular complexity index is 885. The number of hydrogen-bond donors (Lipinski definition) is 1. The summed E-state index contributed by atoms with van der Waals surface area (Å²) >= 11 is 0. The third-order valence-electron chi connectivity index (χ3n) is 5.01. The lowest BCUT2D eigenvalue weighted by Gasteiger charge is -2.24. The van der Waals surface area contributed by atoms with E-state index in [2.05, 4.69) is 29.2 Å². The highest BCUT2D eigenvalue weighted by Gasteiger charge is 2.30. The Kier molecular flexibility index (Phi) is 4.18. The molecular weight excluding hydrogens is 312 g/mol. The number of fused-ring (bicyclic) bond motifs is 1. The maximum atomic E-state index is 13.0. The number of amides is 1. The fourth-order valence-corrected chi connectivity index (χ4v) is 3.70. The van der Waals surface area contributed by atoms with Crippen molar-refractivity contribution in [2.45, 2.75) is 25.3 Å². The average Bonchev–Trinajstić information content (AvgIpc) is 3.28. The van der Waals surface area contributed by atoms with Crippen LogP contribution in [0, 0.1) is 0 Å². The van der Waals surface area contributed by atoms with E-state index in [0.717, 1.165) is 42.5 Å². The molecule has 1 aliphatic heterocycles. The highest BCUT2D eigenvalue weighted by atomic mass is 16.5. The van der Waals surface area contributed by atoms with Gasteiger partial charge in [0.1, 0.15) is 11.4 Å². The second kappa shape index (κ2) is 6.63. The van der Waals surface area contributed by atoms with E-state index in [4.69, 9.17) is 4.74 Å². The summed E-state index contributed by atoms with van der Waals surface area (Å²) in [5, 5.41) is 1.03. The van der Waals surface area contributed by atoms with E-state index in [0.29, 0.717) is 5.69 Å². The van der Waals surface area contributed by atoms with Crippen LogP contribution in [-0.4, -0.2) is 35.5 Å². The molecule has 4 heteroatoms. The molecule has 1 unspecified atom stereocenters. The van der Waals surface area contributed by atoms with Crippen LogP contribution in [0.3, 0.4) is 0 Å². The van der Waals surface area contributed by atoms with E-state index in [-0.39, 0.29) is 11.9 Å². The Morgan fingerprint density at radius 2 is 2.04 bits per heavy atom. The Balaban J connectivity index is 1.56. The molecule has 25 heavy (non-hydrogen) atoms. The first-order valence-corrected chi connectivity index (χ1v) is 8.76. The molecule has 0 bridgehead atoms. The molecule has 1 saturated heterocycles. The van der Waals surface area contributed by atoms with Crippen molar-refractivity contribution in [1.29, 1.82) is 0 Å². The van der Waals surface area contributed by atoms with Gasteiger partial charge in [0.05, 0.1) is 7.11 Å². The summed E-state index contributed by atoms with van der Waals surface area (Å²) < 4.78 is 5.26. The lowest BCUT2D eigenvalue weighted by molar-refractivity contribution is 0.0731. The number of carbonyl (C=O) groups is 1. The molecule has 0 radical (unpaired) electrons. The molecule has 1 aromatic heterocycles. The first-order chi connectivity index (χ1) is 12.2. The molecule has 128 valence electrons. The van der Waals surface area contributed by atoms with Crippen LogP contribution in [0.2, 0.25) is 0 Å². The van der Waals surface area contributed by atoms with Crippen molar-refractivity contribution in [1.82, 2.24) is 9.88 Å². The third kappa shape index (κ3) is 3.12. The van der Waals surface area contributed by atoms with E-state index in [1.165, 1.54) is 5.56 Å². The molecule has 1 amide bonds. The van der Waals surface area contributed by atoms with Crippen molar-refractivity contribution in [3.05, 3.63) is 65.9 Å². The van der Waals surface area contributed by atoms with E-state index in [9.17, 15) is 4.79 Å². The molecule has 0 saturated carbocycles. The molecule has 1 aliphatic rings. The van der Waals surface area contributed by atoms with Crippen LogP contribution in [0.4, 0.5) is 0 Å². The Morgan fingerprint density at radius 3 is 2.84 bits per heavy atom. The van der Waals surface area contributed by atoms with Crippen LogP contribution in [0.25, 0.3) is 10.9 Å². The number of aromatic nitrogens is 1. The smallest absolute Gasteiger partial charge is 0.270 e. The quantitative estimate of drug-likeness (QED) is 0.783. The van der Waals surface area contributed by atoms with Gasteiger partial charge in [0.15, 0.2) is 0 Å². The Morgan fingerprint density at radius 1 is 1.20 bits per heavy atom. The lowest BCUT2D eigenvalue weighted by atomic mass is 10.0. The van der Waals surface area contributed by atoms with Gasteiger partial charge in [-0.2, -0.15) is 0 Å². The number of benzene rings is 2. The first-order valence-electron chi connectivity index (χ1n) is 8.76. The monoisotopic (exact) mass is 334 g/mol. The van der Waals surface area contributed by atoms with Gasteiger partial charge in [-0.25, -0.2) is 0 Å². The van der Waals surface area contributed by atoms with Crippen LogP contribution in [-0.2, 0) is 6.42 Å². The number of ether oxygens (including phenoxy) is 1. The molecule has 2 aromatic carbocycles. The standard InChI is InChI=1S/C21H22N2O2/c1-25-18-10-9-16-13-20(22-19(16)14-18)21(24)23-11-5-8-17(23)12-15-6-3-2-4-7-15/h2-4,6-7,9-10,13-14,17,22H,5,8,11-12H2,1H3. The zero-order valence-electron chi connectivity index (χ0n) is 14.4. The van der Waals surface area contributed by atoms with Gasteiger partial charge < -0.3 is 14.6 Å². The minimum absolute atomic E-state index is 0.0913. The van der Waals surface area contributed by atoms with Crippen molar-refractivity contribution < 1.29 is 9.53 Å². The van der Waals surface area contributed by atoms with Gasteiger partial charge in [-0.1, -0.05) is 30.3 Å². The van der Waals surface area contributed by atoms with Gasteiger partial charge in [0, 0.05) is 29.6 Å². The molecule has 4 nitrogen and oxygen atoms in total. The van der Waals surface area contributed by atoms with Crippen molar-refractivity contribution in [2.24, 2.45) is 0 Å². The molecule has 4 rings (SSSR count). The predicted molar refractivity (Wildman–Crippen MR) is 99.1 cm³/mol. The van der Waals surface area contributed by atoms with E-state index in [1.807, 2.05) is 35.2 Å². The largest absolute Gasteiger partial charge is 0.497 e. The number of likely N-dealkylation sites (tertiary alicyclic amines) is 1. The second-order valence-electron chi connectivity index (χ2n) is 6.62. The number of H-pyrrole nitrogens is 1. The molecule has 1 atom stereocenters. The van der Waals surface area contributed by atoms with Gasteiger partial charge in [-0.05, 0) is 43.0 Å². The molecule has 2 heterocycles. The highest BCUT2D eigenvalue weighted by molar-refractivity contribution is 5.98. The first kappa shape index (κ1) is 15.8. The summed E-state index contributed by atoms with van der Waals surface area (Å²) in [5.74, 6) is 0.880. The molecule has 1 fully saturated rings. The maximum Gasteiger partial charge on any atom is 0.270 e. The Hall–Kier alpha value is -2.75. The SMILES string of the molecule is COc1ccc2cc(C(=O)N3CCCC3Cc3ccccc3)[nH]c2c1. The van der Waals surface area contributed by atoms with Gasteiger partial charge in [0.2, 0.25) is 0 Å². The van der Waals surface area contributed by atoms with Crippen LogP contribution < -0.4 is 4.74 Å². The molecule has 1 N–H and O–H groups in total. The third-order valence-corrected chi connectivity index (χ3v) is 5.01. The summed E-state index contributed by atoms with van der Waals surface area (Å²) in [4.78, 5) is 18.3. The average molecular weight is 334 g/mol. The van der Waals surface area contributed by atoms with E-state index < -0.39 is 0 Å². The summed E-state index contributed by atoms with van der Waals surface area (Å²) in [6.07, 6.45) is 3.05. The number of rotatable bonds is 4. The van der Waals surface area contributed by atoms with Crippen LogP contribution >= 0.6 is 0 Å². The highest BCUT2D eigenvalue weighted by Crippen LogP contribution is 2.26.